The highest BCUT2D eigenvalue weighted by atomic mass is 16.5. The second kappa shape index (κ2) is 10.1. The van der Waals surface area contributed by atoms with Crippen LogP contribution in [0.3, 0.4) is 0 Å². The molecule has 2 aromatic carbocycles. The molecule has 2 fully saturated rings. The standard InChI is InChI=1S/C27H34N2O5/c1-28(2)27(21-8-4-3-5-9-21)13-11-19(12-14-27)15-20-7-6-10-22(16-20)34-23-17-24(25(30)31)29(18-23)26(32)33/h3-10,16,19,23-24H,11-15,17-18H2,1-2H3,(H,30,31)(H,32,33)/t19?,23-,24+,27?/m1/s1. The summed E-state index contributed by atoms with van der Waals surface area (Å²) in [4.78, 5) is 26.1. The number of carboxylic acids is 1. The Kier molecular flexibility index (Phi) is 7.12. The maximum absolute atomic E-state index is 11.4. The van der Waals surface area contributed by atoms with E-state index in [0.717, 1.165) is 37.0 Å². The van der Waals surface area contributed by atoms with E-state index < -0.39 is 24.2 Å². The third-order valence-corrected chi connectivity index (χ3v) is 7.62. The number of carbonyl (C=O) groups is 2. The molecule has 7 nitrogen and oxygen atoms in total. The zero-order chi connectivity index (χ0) is 24.3. The first-order chi connectivity index (χ1) is 16.3. The average molecular weight is 467 g/mol. The first-order valence-electron chi connectivity index (χ1n) is 12.0. The molecule has 2 aromatic rings. The molecule has 1 saturated heterocycles. The lowest BCUT2D eigenvalue weighted by Gasteiger charge is -2.45. The van der Waals surface area contributed by atoms with Crippen LogP contribution < -0.4 is 4.74 Å². The summed E-state index contributed by atoms with van der Waals surface area (Å²) < 4.78 is 6.01. The van der Waals surface area contributed by atoms with Crippen molar-refractivity contribution in [1.29, 1.82) is 0 Å². The van der Waals surface area contributed by atoms with Crippen LogP contribution in [-0.2, 0) is 16.8 Å². The number of hydrogen-bond donors (Lipinski definition) is 2. The lowest BCUT2D eigenvalue weighted by Crippen LogP contribution is -2.44. The van der Waals surface area contributed by atoms with E-state index in [1.807, 2.05) is 18.2 Å². The van der Waals surface area contributed by atoms with Gasteiger partial charge in [-0.2, -0.15) is 0 Å². The minimum atomic E-state index is -1.23. The molecule has 1 aliphatic heterocycles. The van der Waals surface area contributed by atoms with E-state index in [4.69, 9.17) is 4.74 Å². The van der Waals surface area contributed by atoms with Gasteiger partial charge in [0.2, 0.25) is 0 Å². The van der Waals surface area contributed by atoms with E-state index in [1.54, 1.807) is 0 Å². The number of carboxylic acid groups (broad SMARTS) is 2. The van der Waals surface area contributed by atoms with Crippen molar-refractivity contribution in [3.05, 3.63) is 65.7 Å². The third-order valence-electron chi connectivity index (χ3n) is 7.62. The summed E-state index contributed by atoms with van der Waals surface area (Å²) in [6.07, 6.45) is 3.97. The second-order valence-corrected chi connectivity index (χ2v) is 9.85. The monoisotopic (exact) mass is 466 g/mol. The normalized spacial score (nSPS) is 27.0. The van der Waals surface area contributed by atoms with Crippen molar-refractivity contribution in [3.63, 3.8) is 0 Å². The van der Waals surface area contributed by atoms with E-state index in [9.17, 15) is 19.8 Å². The van der Waals surface area contributed by atoms with Gasteiger partial charge in [-0.05, 0) is 75.4 Å². The van der Waals surface area contributed by atoms with E-state index >= 15 is 0 Å². The van der Waals surface area contributed by atoms with E-state index in [-0.39, 0.29) is 18.5 Å². The molecule has 1 heterocycles. The molecule has 2 atom stereocenters. The fourth-order valence-electron chi connectivity index (χ4n) is 5.70. The third kappa shape index (κ3) is 5.04. The number of benzene rings is 2. The number of aliphatic carboxylic acids is 1. The van der Waals surface area contributed by atoms with Crippen LogP contribution in [0.5, 0.6) is 5.75 Å². The lowest BCUT2D eigenvalue weighted by atomic mass is 9.70. The highest BCUT2D eigenvalue weighted by Crippen LogP contribution is 2.43. The summed E-state index contributed by atoms with van der Waals surface area (Å²) >= 11 is 0. The smallest absolute Gasteiger partial charge is 0.408 e. The van der Waals surface area contributed by atoms with Crippen LogP contribution >= 0.6 is 0 Å². The Morgan fingerprint density at radius 2 is 1.76 bits per heavy atom. The van der Waals surface area contributed by atoms with Crippen LogP contribution in [0.25, 0.3) is 0 Å². The second-order valence-electron chi connectivity index (χ2n) is 9.85. The fraction of sp³-hybridized carbons (Fsp3) is 0.481. The predicted molar refractivity (Wildman–Crippen MR) is 129 cm³/mol. The van der Waals surface area contributed by atoms with E-state index in [1.165, 1.54) is 11.1 Å². The van der Waals surface area contributed by atoms with Crippen molar-refractivity contribution < 1.29 is 24.5 Å². The lowest BCUT2D eigenvalue weighted by molar-refractivity contribution is -0.141. The minimum absolute atomic E-state index is 0.0608. The number of rotatable bonds is 7. The number of likely N-dealkylation sites (tertiary alicyclic amines) is 1. The van der Waals surface area contributed by atoms with Crippen molar-refractivity contribution in [2.75, 3.05) is 20.6 Å². The highest BCUT2D eigenvalue weighted by molar-refractivity contribution is 5.80. The van der Waals surface area contributed by atoms with Gasteiger partial charge in [-0.1, -0.05) is 42.5 Å². The largest absolute Gasteiger partial charge is 0.488 e. The van der Waals surface area contributed by atoms with E-state index in [2.05, 4.69) is 55.4 Å². The van der Waals surface area contributed by atoms with Crippen LogP contribution in [0.15, 0.2) is 54.6 Å². The van der Waals surface area contributed by atoms with Gasteiger partial charge in [0.25, 0.3) is 0 Å². The minimum Gasteiger partial charge on any atom is -0.488 e. The molecule has 0 spiro atoms. The van der Waals surface area contributed by atoms with Gasteiger partial charge in [0.05, 0.1) is 6.54 Å². The fourth-order valence-corrected chi connectivity index (χ4v) is 5.70. The van der Waals surface area contributed by atoms with Gasteiger partial charge >= 0.3 is 12.1 Å². The molecule has 2 aliphatic rings. The first kappa shape index (κ1) is 24.1. The SMILES string of the molecule is CN(C)C1(c2ccccc2)CCC(Cc2cccc(O[C@@H]3C[C@@H](C(=O)O)N(C(=O)O)C3)c2)CC1. The van der Waals surface area contributed by atoms with Gasteiger partial charge in [0.1, 0.15) is 17.9 Å². The van der Waals surface area contributed by atoms with Crippen LogP contribution in [0.4, 0.5) is 4.79 Å². The van der Waals surface area contributed by atoms with Crippen molar-refractivity contribution in [3.8, 4) is 5.75 Å². The molecule has 1 aliphatic carbocycles. The molecule has 2 N–H and O–H groups in total. The Labute approximate surface area is 200 Å². The summed E-state index contributed by atoms with van der Waals surface area (Å²) in [6.45, 7) is 0.0608. The molecule has 1 amide bonds. The number of amides is 1. The first-order valence-corrected chi connectivity index (χ1v) is 12.0. The van der Waals surface area contributed by atoms with Crippen molar-refractivity contribution >= 4 is 12.1 Å². The predicted octanol–water partition coefficient (Wildman–Crippen LogP) is 4.46. The van der Waals surface area contributed by atoms with Gasteiger partial charge in [0, 0.05) is 12.0 Å². The van der Waals surface area contributed by atoms with Crippen molar-refractivity contribution in [1.82, 2.24) is 9.80 Å². The topological polar surface area (TPSA) is 90.3 Å². The summed E-state index contributed by atoms with van der Waals surface area (Å²) in [7, 11) is 4.36. The molecular weight excluding hydrogens is 432 g/mol. The molecule has 0 radical (unpaired) electrons. The maximum atomic E-state index is 11.4. The van der Waals surface area contributed by atoms with Crippen LogP contribution in [0.2, 0.25) is 0 Å². The van der Waals surface area contributed by atoms with E-state index in [0.29, 0.717) is 11.7 Å². The average Bonchev–Trinajstić information content (AvgIpc) is 3.25. The Balaban J connectivity index is 1.37. The maximum Gasteiger partial charge on any atom is 0.408 e. The van der Waals surface area contributed by atoms with Gasteiger partial charge in [-0.25, -0.2) is 9.59 Å². The summed E-state index contributed by atoms with van der Waals surface area (Å²) in [6, 6.07) is 17.7. The molecular formula is C27H34N2O5. The van der Waals surface area contributed by atoms with Crippen LogP contribution in [-0.4, -0.2) is 64.9 Å². The zero-order valence-electron chi connectivity index (χ0n) is 19.9. The van der Waals surface area contributed by atoms with Gasteiger partial charge in [-0.3, -0.25) is 9.80 Å². The Bertz CT molecular complexity index is 979. The van der Waals surface area contributed by atoms with Crippen molar-refractivity contribution in [2.24, 2.45) is 5.92 Å². The number of ether oxygens (including phenoxy) is 1. The summed E-state index contributed by atoms with van der Waals surface area (Å²) in [5.41, 5.74) is 2.67. The zero-order valence-corrected chi connectivity index (χ0v) is 19.9. The highest BCUT2D eigenvalue weighted by Gasteiger charge is 2.41. The van der Waals surface area contributed by atoms with Gasteiger partial charge in [-0.15, -0.1) is 0 Å². The quantitative estimate of drug-likeness (QED) is 0.626. The summed E-state index contributed by atoms with van der Waals surface area (Å²) in [5, 5.41) is 18.6. The molecule has 7 heteroatoms. The molecule has 0 aromatic heterocycles. The van der Waals surface area contributed by atoms with Crippen molar-refractivity contribution in [2.45, 2.75) is 56.2 Å². The van der Waals surface area contributed by atoms with Crippen LogP contribution in [0, 0.1) is 5.92 Å². The Morgan fingerprint density at radius 1 is 1.06 bits per heavy atom. The van der Waals surface area contributed by atoms with Gasteiger partial charge < -0.3 is 14.9 Å². The number of hydrogen-bond acceptors (Lipinski definition) is 4. The molecule has 182 valence electrons. The molecule has 4 rings (SSSR count). The molecule has 0 unspecified atom stereocenters. The van der Waals surface area contributed by atoms with Crippen LogP contribution in [0.1, 0.15) is 43.2 Å². The Morgan fingerprint density at radius 3 is 2.35 bits per heavy atom. The Hall–Kier alpha value is -3.06. The summed E-state index contributed by atoms with van der Waals surface area (Å²) in [5.74, 6) is 0.128. The molecule has 0 bridgehead atoms. The van der Waals surface area contributed by atoms with Gasteiger partial charge in [0.15, 0.2) is 0 Å². The molecule has 34 heavy (non-hydrogen) atoms. The molecule has 1 saturated carbocycles. The number of nitrogens with zero attached hydrogens (tertiary/aromatic N) is 2.